The maximum absolute atomic E-state index is 12.8. The number of rotatable bonds is 4. The highest BCUT2D eigenvalue weighted by atomic mass is 35.5. The third-order valence-electron chi connectivity index (χ3n) is 4.40. The number of carbonyl (C=O) groups is 2. The van der Waals surface area contributed by atoms with Crippen LogP contribution in [0.3, 0.4) is 0 Å². The van der Waals surface area contributed by atoms with Crippen molar-refractivity contribution in [2.75, 3.05) is 31.1 Å². The summed E-state index contributed by atoms with van der Waals surface area (Å²) in [7, 11) is 0. The zero-order chi connectivity index (χ0) is 21.2. The Hall–Kier alpha value is -2.33. The first-order chi connectivity index (χ1) is 13.6. The number of carbonyl (C=O) groups excluding carboxylic acids is 2. The van der Waals surface area contributed by atoms with Crippen LogP contribution in [0.1, 0.15) is 27.0 Å². The van der Waals surface area contributed by atoms with E-state index in [4.69, 9.17) is 11.6 Å². The number of aromatic nitrogens is 1. The van der Waals surface area contributed by atoms with E-state index in [1.807, 2.05) is 0 Å². The molecule has 0 spiro atoms. The summed E-state index contributed by atoms with van der Waals surface area (Å²) < 4.78 is 38.3. The van der Waals surface area contributed by atoms with E-state index < -0.39 is 11.7 Å². The summed E-state index contributed by atoms with van der Waals surface area (Å²) >= 11 is 7.33. The number of thiophene rings is 1. The van der Waals surface area contributed by atoms with E-state index in [-0.39, 0.29) is 22.7 Å². The predicted molar refractivity (Wildman–Crippen MR) is 104 cm³/mol. The van der Waals surface area contributed by atoms with Crippen molar-refractivity contribution in [1.29, 1.82) is 0 Å². The summed E-state index contributed by atoms with van der Waals surface area (Å²) in [5.74, 6) is 0.0219. The van der Waals surface area contributed by atoms with Gasteiger partial charge in [-0.1, -0.05) is 11.6 Å². The third-order valence-corrected chi connectivity index (χ3v) is 5.75. The molecule has 2 aromatic heterocycles. The van der Waals surface area contributed by atoms with E-state index in [0.717, 1.165) is 17.1 Å². The van der Waals surface area contributed by atoms with E-state index in [1.165, 1.54) is 18.3 Å². The largest absolute Gasteiger partial charge is 0.417 e. The molecule has 0 aliphatic carbocycles. The van der Waals surface area contributed by atoms with E-state index >= 15 is 0 Å². The lowest BCUT2D eigenvalue weighted by Gasteiger charge is -2.35. The Morgan fingerprint density at radius 1 is 1.24 bits per heavy atom. The van der Waals surface area contributed by atoms with Crippen LogP contribution in [-0.2, 0) is 17.5 Å². The SMILES string of the molecule is CC(=O)NCc1ccc(C(=O)N2CCN(c3ncc(C(F)(F)F)cc3Cl)CC2)s1. The molecule has 156 valence electrons. The van der Waals surface area contributed by atoms with Crippen LogP contribution in [-0.4, -0.2) is 47.9 Å². The fourth-order valence-electron chi connectivity index (χ4n) is 2.90. The van der Waals surface area contributed by atoms with Gasteiger partial charge in [0.1, 0.15) is 5.82 Å². The van der Waals surface area contributed by atoms with Crippen LogP contribution in [0.2, 0.25) is 5.02 Å². The second-order valence-electron chi connectivity index (χ2n) is 6.48. The minimum Gasteiger partial charge on any atom is -0.352 e. The van der Waals surface area contributed by atoms with Crippen LogP contribution in [0.4, 0.5) is 19.0 Å². The zero-order valence-electron chi connectivity index (χ0n) is 15.4. The van der Waals surface area contributed by atoms with Crippen LogP contribution >= 0.6 is 22.9 Å². The molecule has 0 aromatic carbocycles. The van der Waals surface area contributed by atoms with E-state index in [0.29, 0.717) is 37.6 Å². The summed E-state index contributed by atoms with van der Waals surface area (Å²) in [6.07, 6.45) is -3.74. The highest BCUT2D eigenvalue weighted by molar-refractivity contribution is 7.14. The Kier molecular flexibility index (Phi) is 6.33. The number of pyridine rings is 1. The quantitative estimate of drug-likeness (QED) is 0.781. The van der Waals surface area contributed by atoms with Crippen molar-refractivity contribution in [1.82, 2.24) is 15.2 Å². The molecule has 0 bridgehead atoms. The number of alkyl halides is 3. The first-order valence-electron chi connectivity index (χ1n) is 8.75. The number of nitrogens with one attached hydrogen (secondary N) is 1. The van der Waals surface area contributed by atoms with E-state index in [9.17, 15) is 22.8 Å². The third kappa shape index (κ3) is 5.18. The number of nitrogens with zero attached hydrogens (tertiary/aromatic N) is 3. The van der Waals surface area contributed by atoms with Gasteiger partial charge < -0.3 is 15.1 Å². The predicted octanol–water partition coefficient (Wildman–Crippen LogP) is 3.41. The molecule has 29 heavy (non-hydrogen) atoms. The van der Waals surface area contributed by atoms with Crippen molar-refractivity contribution in [3.8, 4) is 0 Å². The Morgan fingerprint density at radius 3 is 2.52 bits per heavy atom. The summed E-state index contributed by atoms with van der Waals surface area (Å²) in [5, 5.41) is 2.62. The molecule has 1 fully saturated rings. The van der Waals surface area contributed by atoms with Gasteiger partial charge in [0.2, 0.25) is 5.91 Å². The molecule has 3 heterocycles. The van der Waals surface area contributed by atoms with E-state index in [1.54, 1.807) is 21.9 Å². The Bertz CT molecular complexity index is 911. The molecule has 1 N–H and O–H groups in total. The van der Waals surface area contributed by atoms with Crippen molar-refractivity contribution < 1.29 is 22.8 Å². The molecule has 2 amide bonds. The van der Waals surface area contributed by atoms with Crippen LogP contribution in [0.5, 0.6) is 0 Å². The smallest absolute Gasteiger partial charge is 0.352 e. The molecule has 1 aliphatic heterocycles. The van der Waals surface area contributed by atoms with Crippen LogP contribution in [0.25, 0.3) is 0 Å². The topological polar surface area (TPSA) is 65.5 Å². The second kappa shape index (κ2) is 8.58. The lowest BCUT2D eigenvalue weighted by atomic mass is 10.2. The van der Waals surface area contributed by atoms with Crippen molar-refractivity contribution in [2.45, 2.75) is 19.6 Å². The van der Waals surface area contributed by atoms with Gasteiger partial charge in [-0.15, -0.1) is 11.3 Å². The number of hydrogen-bond acceptors (Lipinski definition) is 5. The lowest BCUT2D eigenvalue weighted by molar-refractivity contribution is -0.137. The molecule has 0 radical (unpaired) electrons. The maximum Gasteiger partial charge on any atom is 0.417 e. The summed E-state index contributed by atoms with van der Waals surface area (Å²) in [5.41, 5.74) is -0.896. The Labute approximate surface area is 174 Å². The van der Waals surface area contributed by atoms with Gasteiger partial charge in [0.15, 0.2) is 0 Å². The molecule has 11 heteroatoms. The second-order valence-corrected chi connectivity index (χ2v) is 8.06. The molecule has 1 aliphatic rings. The fraction of sp³-hybridized carbons (Fsp3) is 0.389. The summed E-state index contributed by atoms with van der Waals surface area (Å²) in [6.45, 7) is 3.42. The molecular formula is C18H18ClF3N4O2S. The minimum absolute atomic E-state index is 0.0690. The zero-order valence-corrected chi connectivity index (χ0v) is 17.0. The molecule has 6 nitrogen and oxygen atoms in total. The highest BCUT2D eigenvalue weighted by Crippen LogP contribution is 2.33. The van der Waals surface area contributed by atoms with Gasteiger partial charge in [-0.2, -0.15) is 13.2 Å². The van der Waals surface area contributed by atoms with Gasteiger partial charge in [-0.3, -0.25) is 9.59 Å². The van der Waals surface area contributed by atoms with Gasteiger partial charge in [0, 0.05) is 44.2 Å². The van der Waals surface area contributed by atoms with Gasteiger partial charge >= 0.3 is 6.18 Å². The summed E-state index contributed by atoms with van der Waals surface area (Å²) in [6, 6.07) is 4.39. The molecular weight excluding hydrogens is 429 g/mol. The lowest BCUT2D eigenvalue weighted by Crippen LogP contribution is -2.49. The summed E-state index contributed by atoms with van der Waals surface area (Å²) in [4.78, 5) is 32.4. The average Bonchev–Trinajstić information content (AvgIpc) is 3.14. The van der Waals surface area contributed by atoms with E-state index in [2.05, 4.69) is 10.3 Å². The molecule has 0 atom stereocenters. The highest BCUT2D eigenvalue weighted by Gasteiger charge is 2.32. The molecule has 1 saturated heterocycles. The van der Waals surface area contributed by atoms with Gasteiger partial charge in [-0.25, -0.2) is 4.98 Å². The number of anilines is 1. The molecule has 0 saturated carbocycles. The first-order valence-corrected chi connectivity index (χ1v) is 9.94. The normalized spacial score (nSPS) is 14.8. The number of piperazine rings is 1. The Balaban J connectivity index is 1.60. The number of hydrogen-bond donors (Lipinski definition) is 1. The fourth-order valence-corrected chi connectivity index (χ4v) is 4.10. The standard InChI is InChI=1S/C18H18ClF3N4O2S/c1-11(27)23-10-13-2-3-15(29-13)17(28)26-6-4-25(5-7-26)16-14(19)8-12(9-24-16)18(20,21)22/h2-3,8-9H,4-7,10H2,1H3,(H,23,27). The number of halogens is 4. The van der Waals surface area contributed by atoms with Gasteiger partial charge in [0.05, 0.1) is 22.0 Å². The van der Waals surface area contributed by atoms with Gasteiger partial charge in [-0.05, 0) is 18.2 Å². The monoisotopic (exact) mass is 446 g/mol. The number of amides is 2. The first kappa shape index (κ1) is 21.4. The van der Waals surface area contributed by atoms with Crippen LogP contribution in [0, 0.1) is 0 Å². The minimum atomic E-state index is -4.50. The molecule has 3 rings (SSSR count). The average molecular weight is 447 g/mol. The van der Waals surface area contributed by atoms with Crippen molar-refractivity contribution in [2.24, 2.45) is 0 Å². The van der Waals surface area contributed by atoms with Gasteiger partial charge in [0.25, 0.3) is 5.91 Å². The van der Waals surface area contributed by atoms with Crippen molar-refractivity contribution in [3.05, 3.63) is 44.7 Å². The van der Waals surface area contributed by atoms with Crippen molar-refractivity contribution >= 4 is 40.6 Å². The van der Waals surface area contributed by atoms with Crippen LogP contribution in [0.15, 0.2) is 24.4 Å². The maximum atomic E-state index is 12.8. The van der Waals surface area contributed by atoms with Crippen LogP contribution < -0.4 is 10.2 Å². The Morgan fingerprint density at radius 2 is 1.93 bits per heavy atom. The van der Waals surface area contributed by atoms with Crippen molar-refractivity contribution in [3.63, 3.8) is 0 Å². The molecule has 0 unspecified atom stereocenters. The molecule has 2 aromatic rings.